The number of benzene rings is 2. The number of aromatic hydroxyl groups is 1. The third kappa shape index (κ3) is 8.72. The highest BCUT2D eigenvalue weighted by Crippen LogP contribution is 2.10. The smallest absolute Gasteiger partial charge is 0.328 e. The summed E-state index contributed by atoms with van der Waals surface area (Å²) in [5.74, 6) is -1.56. The zero-order chi connectivity index (χ0) is 17.1. The van der Waals surface area contributed by atoms with Crippen molar-refractivity contribution in [1.29, 1.82) is 0 Å². The summed E-state index contributed by atoms with van der Waals surface area (Å²) in [6.07, 6.45) is 3.34. The highest BCUT2D eigenvalue weighted by molar-refractivity contribution is 5.85. The molecule has 3 N–H and O–H groups in total. The van der Waals surface area contributed by atoms with E-state index < -0.39 is 11.9 Å². The summed E-state index contributed by atoms with van der Waals surface area (Å²) in [6, 6.07) is 15.9. The summed E-state index contributed by atoms with van der Waals surface area (Å²) in [6.45, 7) is 0. The zero-order valence-electron chi connectivity index (χ0n) is 12.4. The number of hydrogen-bond acceptors (Lipinski definition) is 3. The average molecular weight is 314 g/mol. The Morgan fingerprint density at radius 2 is 1.52 bits per heavy atom. The van der Waals surface area contributed by atoms with Crippen molar-refractivity contribution in [3.05, 3.63) is 71.8 Å². The molecule has 0 aliphatic heterocycles. The zero-order valence-corrected chi connectivity index (χ0v) is 12.4. The molecule has 5 nitrogen and oxygen atoms in total. The lowest BCUT2D eigenvalue weighted by molar-refractivity contribution is -0.137. The predicted molar refractivity (Wildman–Crippen MR) is 87.2 cm³/mol. The Labute approximate surface area is 134 Å². The number of carbonyl (C=O) groups is 2. The third-order valence-electron chi connectivity index (χ3n) is 2.78. The van der Waals surface area contributed by atoms with Crippen LogP contribution < -0.4 is 0 Å². The van der Waals surface area contributed by atoms with Gasteiger partial charge in [-0.05, 0) is 35.8 Å². The lowest BCUT2D eigenvalue weighted by Crippen LogP contribution is -1.96. The second kappa shape index (κ2) is 9.78. The molecule has 0 saturated carbocycles. The molecule has 2 aromatic rings. The van der Waals surface area contributed by atoms with E-state index in [0.29, 0.717) is 6.42 Å². The number of phenolic OH excluding ortho intramolecular Hbond substituents is 1. The van der Waals surface area contributed by atoms with Crippen LogP contribution in [0.25, 0.3) is 6.08 Å². The van der Waals surface area contributed by atoms with E-state index in [1.165, 1.54) is 18.2 Å². The number of aryl methyl sites for hydroxylation is 1. The van der Waals surface area contributed by atoms with Crippen LogP contribution in [0, 0.1) is 0 Å². The number of hydrogen-bond donors (Lipinski definition) is 3. The average Bonchev–Trinajstić information content (AvgIpc) is 2.54. The van der Waals surface area contributed by atoms with Crippen molar-refractivity contribution in [1.82, 2.24) is 0 Å². The van der Waals surface area contributed by atoms with Gasteiger partial charge in [-0.2, -0.15) is 0 Å². The summed E-state index contributed by atoms with van der Waals surface area (Å²) in [4.78, 5) is 20.3. The highest BCUT2D eigenvalue weighted by atomic mass is 16.4. The Bertz CT molecular complexity index is 645. The molecule has 0 bridgehead atoms. The molecule has 5 heteroatoms. The molecule has 0 spiro atoms. The van der Waals surface area contributed by atoms with Crippen LogP contribution in [0.3, 0.4) is 0 Å². The normalized spacial score (nSPS) is 9.91. The summed E-state index contributed by atoms with van der Waals surface area (Å²) >= 11 is 0. The van der Waals surface area contributed by atoms with Gasteiger partial charge in [-0.3, -0.25) is 4.79 Å². The van der Waals surface area contributed by atoms with Crippen molar-refractivity contribution >= 4 is 18.0 Å². The van der Waals surface area contributed by atoms with Crippen LogP contribution in [0.1, 0.15) is 17.5 Å². The van der Waals surface area contributed by atoms with Gasteiger partial charge in [0.2, 0.25) is 0 Å². The van der Waals surface area contributed by atoms with Crippen LogP contribution in [-0.2, 0) is 16.0 Å². The maximum Gasteiger partial charge on any atom is 0.328 e. The van der Waals surface area contributed by atoms with E-state index in [1.807, 2.05) is 30.3 Å². The molecule has 0 aromatic heterocycles. The fourth-order valence-electron chi connectivity index (χ4n) is 1.65. The van der Waals surface area contributed by atoms with Gasteiger partial charge in [0.15, 0.2) is 0 Å². The molecular formula is C18H18O5. The molecule has 0 aliphatic rings. The second-order valence-corrected chi connectivity index (χ2v) is 4.64. The monoisotopic (exact) mass is 314 g/mol. The molecule has 2 aromatic carbocycles. The third-order valence-corrected chi connectivity index (χ3v) is 2.78. The number of carboxylic acid groups (broad SMARTS) is 2. The first-order chi connectivity index (χ1) is 11.0. The van der Waals surface area contributed by atoms with Gasteiger partial charge < -0.3 is 15.3 Å². The standard InChI is InChI=1S/C9H8O3.C9H10O2/c10-8-4-1-7(2-5-8)3-6-9(11)12;10-9(11)7-6-8-4-2-1-3-5-8/h1-6,10H,(H,11,12);1-5H,6-7H2,(H,10,11)/b6-3+;. The second-order valence-electron chi connectivity index (χ2n) is 4.64. The Balaban J connectivity index is 0.000000231. The minimum Gasteiger partial charge on any atom is -0.508 e. The number of carboxylic acids is 2. The summed E-state index contributed by atoms with van der Waals surface area (Å²) in [5, 5.41) is 25.6. The van der Waals surface area contributed by atoms with Crippen molar-refractivity contribution < 1.29 is 24.9 Å². The molecule has 23 heavy (non-hydrogen) atoms. The van der Waals surface area contributed by atoms with Gasteiger partial charge in [-0.15, -0.1) is 0 Å². The van der Waals surface area contributed by atoms with E-state index in [4.69, 9.17) is 15.3 Å². The van der Waals surface area contributed by atoms with Gasteiger partial charge in [0, 0.05) is 12.5 Å². The minimum atomic E-state index is -0.983. The molecule has 0 unspecified atom stereocenters. The highest BCUT2D eigenvalue weighted by Gasteiger charge is 1.96. The quantitative estimate of drug-likeness (QED) is 0.737. The van der Waals surface area contributed by atoms with E-state index in [2.05, 4.69) is 0 Å². The molecule has 0 fully saturated rings. The number of aliphatic carboxylic acids is 2. The fraction of sp³-hybridized carbons (Fsp3) is 0.111. The molecule has 0 atom stereocenters. The fourth-order valence-corrected chi connectivity index (χ4v) is 1.65. The molecule has 0 amide bonds. The van der Waals surface area contributed by atoms with Crippen LogP contribution in [0.15, 0.2) is 60.7 Å². The molecular weight excluding hydrogens is 296 g/mol. The SMILES string of the molecule is O=C(O)/C=C/c1ccc(O)cc1.O=C(O)CCc1ccccc1. The van der Waals surface area contributed by atoms with E-state index in [9.17, 15) is 9.59 Å². The van der Waals surface area contributed by atoms with Gasteiger partial charge in [0.25, 0.3) is 0 Å². The maximum absolute atomic E-state index is 10.2. The Morgan fingerprint density at radius 1 is 0.913 bits per heavy atom. The van der Waals surface area contributed by atoms with Crippen LogP contribution in [-0.4, -0.2) is 27.3 Å². The topological polar surface area (TPSA) is 94.8 Å². The van der Waals surface area contributed by atoms with Gasteiger partial charge in [-0.1, -0.05) is 42.5 Å². The van der Waals surface area contributed by atoms with Crippen LogP contribution in [0.4, 0.5) is 0 Å². The predicted octanol–water partition coefficient (Wildman–Crippen LogP) is 3.19. The van der Waals surface area contributed by atoms with Crippen molar-refractivity contribution in [2.75, 3.05) is 0 Å². The Morgan fingerprint density at radius 3 is 2.04 bits per heavy atom. The largest absolute Gasteiger partial charge is 0.508 e. The van der Waals surface area contributed by atoms with E-state index in [0.717, 1.165) is 17.2 Å². The van der Waals surface area contributed by atoms with Crippen molar-refractivity contribution in [3.8, 4) is 5.75 Å². The lowest BCUT2D eigenvalue weighted by Gasteiger charge is -1.95. The van der Waals surface area contributed by atoms with Crippen molar-refractivity contribution in [2.45, 2.75) is 12.8 Å². The maximum atomic E-state index is 10.2. The molecule has 120 valence electrons. The molecule has 0 radical (unpaired) electrons. The van der Waals surface area contributed by atoms with Gasteiger partial charge >= 0.3 is 11.9 Å². The number of rotatable bonds is 5. The number of phenols is 1. The summed E-state index contributed by atoms with van der Waals surface area (Å²) < 4.78 is 0. The molecule has 2 rings (SSSR count). The van der Waals surface area contributed by atoms with E-state index in [-0.39, 0.29) is 12.2 Å². The first-order valence-electron chi connectivity index (χ1n) is 6.93. The minimum absolute atomic E-state index is 0.169. The molecule has 0 heterocycles. The van der Waals surface area contributed by atoms with Crippen LogP contribution in [0.2, 0.25) is 0 Å². The van der Waals surface area contributed by atoms with Crippen molar-refractivity contribution in [2.24, 2.45) is 0 Å². The first kappa shape index (κ1) is 18.0. The Kier molecular flexibility index (Phi) is 7.64. The summed E-state index contributed by atoms with van der Waals surface area (Å²) in [7, 11) is 0. The van der Waals surface area contributed by atoms with Gasteiger partial charge in [0.1, 0.15) is 5.75 Å². The van der Waals surface area contributed by atoms with Gasteiger partial charge in [-0.25, -0.2) is 4.79 Å². The van der Waals surface area contributed by atoms with Crippen LogP contribution in [0.5, 0.6) is 5.75 Å². The van der Waals surface area contributed by atoms with Crippen LogP contribution >= 0.6 is 0 Å². The summed E-state index contributed by atoms with van der Waals surface area (Å²) in [5.41, 5.74) is 1.82. The van der Waals surface area contributed by atoms with Crippen molar-refractivity contribution in [3.63, 3.8) is 0 Å². The Hall–Kier alpha value is -3.08. The molecule has 0 saturated heterocycles. The first-order valence-corrected chi connectivity index (χ1v) is 6.93. The molecule has 0 aliphatic carbocycles. The van der Waals surface area contributed by atoms with Gasteiger partial charge in [0.05, 0.1) is 0 Å². The van der Waals surface area contributed by atoms with E-state index >= 15 is 0 Å². The van der Waals surface area contributed by atoms with E-state index in [1.54, 1.807) is 12.1 Å². The lowest BCUT2D eigenvalue weighted by atomic mass is 10.1.